The fourth-order valence-corrected chi connectivity index (χ4v) is 4.64. The van der Waals surface area contributed by atoms with Crippen molar-refractivity contribution in [1.29, 1.82) is 0 Å². The van der Waals surface area contributed by atoms with Crippen LogP contribution in [0, 0.1) is 12.3 Å². The molecule has 3 aliphatic heterocycles. The largest absolute Gasteiger partial charge is 0.490 e. The number of carboxylic acids is 1. The molecule has 3 saturated heterocycles. The van der Waals surface area contributed by atoms with E-state index in [0.29, 0.717) is 19.8 Å². The molecule has 0 spiro atoms. The van der Waals surface area contributed by atoms with E-state index in [-0.39, 0.29) is 12.0 Å². The number of aromatic nitrogens is 1. The summed E-state index contributed by atoms with van der Waals surface area (Å²) in [5, 5.41) is 11.9. The van der Waals surface area contributed by atoms with E-state index in [2.05, 4.69) is 15.3 Å². The molecule has 0 unspecified atom stereocenters. The highest BCUT2D eigenvalue weighted by molar-refractivity contribution is 7.09. The zero-order chi connectivity index (χ0) is 21.9. The number of piperidine rings is 1. The van der Waals surface area contributed by atoms with E-state index in [1.807, 2.05) is 6.92 Å². The molecule has 1 N–H and O–H groups in total. The molecule has 2 atom stereocenters. The first-order valence-electron chi connectivity index (χ1n) is 9.62. The maximum atomic E-state index is 13.1. The van der Waals surface area contributed by atoms with E-state index in [1.54, 1.807) is 16.4 Å². The molecule has 4 rings (SSSR count). The van der Waals surface area contributed by atoms with Gasteiger partial charge in [-0.15, -0.1) is 11.3 Å². The summed E-state index contributed by atoms with van der Waals surface area (Å²) in [6.07, 6.45) is -2.42. The number of aliphatic carboxylic acids is 1. The lowest BCUT2D eigenvalue weighted by Crippen LogP contribution is -2.57. The van der Waals surface area contributed by atoms with Gasteiger partial charge in [-0.25, -0.2) is 14.8 Å². The molecule has 4 heterocycles. The van der Waals surface area contributed by atoms with E-state index >= 15 is 0 Å². The first-order valence-corrected chi connectivity index (χ1v) is 10.5. The first kappa shape index (κ1) is 22.9. The number of alkyl halides is 3. The van der Waals surface area contributed by atoms with Crippen LogP contribution in [0.5, 0.6) is 0 Å². The number of hydrogen-bond acceptors (Lipinski definition) is 7. The number of amides is 1. The molecular weight excluding hydrogens is 427 g/mol. The Kier molecular flexibility index (Phi) is 7.00. The van der Waals surface area contributed by atoms with Gasteiger partial charge in [0.1, 0.15) is 0 Å². The maximum absolute atomic E-state index is 13.1. The van der Waals surface area contributed by atoms with Crippen LogP contribution in [0.15, 0.2) is 5.38 Å². The number of likely N-dealkylation sites (tertiary alicyclic amines) is 1. The van der Waals surface area contributed by atoms with E-state index in [1.165, 1.54) is 0 Å². The third kappa shape index (κ3) is 5.10. The van der Waals surface area contributed by atoms with Crippen LogP contribution in [0.4, 0.5) is 13.2 Å². The highest BCUT2D eigenvalue weighted by atomic mass is 32.1. The van der Waals surface area contributed by atoms with Gasteiger partial charge in [0.25, 0.3) is 5.91 Å². The molecule has 0 bridgehead atoms. The van der Waals surface area contributed by atoms with Gasteiger partial charge in [-0.2, -0.15) is 13.2 Å². The number of carboxylic acid groups (broad SMARTS) is 1. The van der Waals surface area contributed by atoms with Gasteiger partial charge in [0.15, 0.2) is 0 Å². The number of aryl methyl sites for hydroxylation is 1. The van der Waals surface area contributed by atoms with Crippen LogP contribution in [-0.2, 0) is 25.7 Å². The number of hydrogen-bond donors (Lipinski definition) is 1. The predicted octanol–water partition coefficient (Wildman–Crippen LogP) is 2.23. The average molecular weight is 451 g/mol. The second-order valence-electron chi connectivity index (χ2n) is 7.52. The molecule has 8 nitrogen and oxygen atoms in total. The molecule has 30 heavy (non-hydrogen) atoms. The third-order valence-electron chi connectivity index (χ3n) is 5.40. The molecule has 0 saturated carbocycles. The highest BCUT2D eigenvalue weighted by Crippen LogP contribution is 2.43. The zero-order valence-corrected chi connectivity index (χ0v) is 17.3. The number of carbonyl (C=O) groups excluding carboxylic acids is 1. The molecule has 0 aliphatic carbocycles. The Balaban J connectivity index is 0.000000318. The fourth-order valence-electron chi connectivity index (χ4n) is 4.04. The quantitative estimate of drug-likeness (QED) is 0.754. The summed E-state index contributed by atoms with van der Waals surface area (Å²) in [4.78, 5) is 34.4. The fraction of sp³-hybridized carbons (Fsp3) is 0.722. The Morgan fingerprint density at radius 1 is 1.37 bits per heavy atom. The van der Waals surface area contributed by atoms with Gasteiger partial charge in [-0.1, -0.05) is 0 Å². The summed E-state index contributed by atoms with van der Waals surface area (Å²) < 4.78 is 37.6. The van der Waals surface area contributed by atoms with Gasteiger partial charge in [-0.05, 0) is 26.2 Å². The van der Waals surface area contributed by atoms with Crippen LogP contribution >= 0.6 is 11.3 Å². The molecule has 3 fully saturated rings. The molecule has 0 radical (unpaired) electrons. The minimum atomic E-state index is -5.08. The van der Waals surface area contributed by atoms with E-state index < -0.39 is 17.6 Å². The molecule has 0 aromatic carbocycles. The minimum absolute atomic E-state index is 0.0348. The number of hydroxylamine groups is 2. The van der Waals surface area contributed by atoms with Crippen molar-refractivity contribution in [2.45, 2.75) is 45.0 Å². The van der Waals surface area contributed by atoms with Crippen molar-refractivity contribution < 1.29 is 37.4 Å². The standard InChI is InChI=1S/C16H23N3O3S.C2HF3O2/c1-12-17-13(10-23-12)9-18-6-3-14-16(11-18,4-8-21-14)15(20)19-5-2-7-22-19;3-2(4,5)1(6)7/h10,14H,2-9,11H2,1H3;(H,6,7)/t14-,16-;/m1./s1. The van der Waals surface area contributed by atoms with E-state index in [4.69, 9.17) is 19.5 Å². The summed E-state index contributed by atoms with van der Waals surface area (Å²) in [7, 11) is 0. The van der Waals surface area contributed by atoms with E-state index in [0.717, 1.165) is 49.6 Å². The normalized spacial score (nSPS) is 26.8. The number of halogens is 3. The minimum Gasteiger partial charge on any atom is -0.475 e. The summed E-state index contributed by atoms with van der Waals surface area (Å²) in [5.74, 6) is -2.64. The van der Waals surface area contributed by atoms with Crippen molar-refractivity contribution >= 4 is 23.2 Å². The van der Waals surface area contributed by atoms with Gasteiger partial charge < -0.3 is 9.84 Å². The smallest absolute Gasteiger partial charge is 0.475 e. The van der Waals surface area contributed by atoms with Crippen molar-refractivity contribution in [2.24, 2.45) is 5.41 Å². The molecule has 1 aromatic heterocycles. The van der Waals surface area contributed by atoms with Gasteiger partial charge in [0.05, 0.1) is 35.4 Å². The monoisotopic (exact) mass is 451 g/mol. The summed E-state index contributed by atoms with van der Waals surface area (Å²) in [6.45, 7) is 6.57. The van der Waals surface area contributed by atoms with Crippen molar-refractivity contribution in [3.63, 3.8) is 0 Å². The highest BCUT2D eigenvalue weighted by Gasteiger charge is 2.55. The Hall–Kier alpha value is -1.76. The van der Waals surface area contributed by atoms with Crippen LogP contribution in [0.25, 0.3) is 0 Å². The van der Waals surface area contributed by atoms with Crippen LogP contribution in [-0.4, -0.2) is 77.1 Å². The van der Waals surface area contributed by atoms with Crippen molar-refractivity contribution in [3.05, 3.63) is 16.1 Å². The number of nitrogens with zero attached hydrogens (tertiary/aromatic N) is 3. The van der Waals surface area contributed by atoms with Crippen molar-refractivity contribution in [1.82, 2.24) is 14.9 Å². The van der Waals surface area contributed by atoms with Crippen molar-refractivity contribution in [2.75, 3.05) is 32.8 Å². The van der Waals surface area contributed by atoms with Gasteiger partial charge >= 0.3 is 12.1 Å². The predicted molar refractivity (Wildman–Crippen MR) is 99.5 cm³/mol. The van der Waals surface area contributed by atoms with Gasteiger partial charge in [-0.3, -0.25) is 14.5 Å². The van der Waals surface area contributed by atoms with Gasteiger partial charge in [0, 0.05) is 31.6 Å². The number of thiazole rings is 1. The molecule has 1 amide bonds. The number of rotatable bonds is 3. The Bertz CT molecular complexity index is 768. The number of carbonyl (C=O) groups is 2. The lowest BCUT2D eigenvalue weighted by molar-refractivity contribution is -0.192. The van der Waals surface area contributed by atoms with Crippen LogP contribution < -0.4 is 0 Å². The second kappa shape index (κ2) is 9.16. The SMILES string of the molecule is Cc1nc(CN2CC[C@H]3OCC[C@@]3(C(=O)N3CCCO3)C2)cs1.O=C(O)C(F)(F)F. The Morgan fingerprint density at radius 2 is 2.10 bits per heavy atom. The third-order valence-corrected chi connectivity index (χ3v) is 6.22. The molecule has 168 valence electrons. The molecule has 1 aromatic rings. The molecule has 3 aliphatic rings. The topological polar surface area (TPSA) is 92.2 Å². The summed E-state index contributed by atoms with van der Waals surface area (Å²) in [6, 6.07) is 0. The van der Waals surface area contributed by atoms with Gasteiger partial charge in [0.2, 0.25) is 0 Å². The van der Waals surface area contributed by atoms with Crippen LogP contribution in [0.2, 0.25) is 0 Å². The van der Waals surface area contributed by atoms with Crippen LogP contribution in [0.3, 0.4) is 0 Å². The second-order valence-corrected chi connectivity index (χ2v) is 8.58. The molecule has 12 heteroatoms. The summed E-state index contributed by atoms with van der Waals surface area (Å²) >= 11 is 1.68. The van der Waals surface area contributed by atoms with E-state index in [9.17, 15) is 18.0 Å². The molecular formula is C18H24F3N3O5S. The average Bonchev–Trinajstić information content (AvgIpc) is 3.41. The van der Waals surface area contributed by atoms with Crippen molar-refractivity contribution in [3.8, 4) is 0 Å². The maximum Gasteiger partial charge on any atom is 0.490 e. The Labute approximate surface area is 175 Å². The first-order chi connectivity index (χ1) is 14.1. The number of fused-ring (bicyclic) bond motifs is 1. The lowest BCUT2D eigenvalue weighted by Gasteiger charge is -2.43. The van der Waals surface area contributed by atoms with Crippen LogP contribution in [0.1, 0.15) is 30.0 Å². The Morgan fingerprint density at radius 3 is 2.67 bits per heavy atom. The lowest BCUT2D eigenvalue weighted by atomic mass is 9.75. The zero-order valence-electron chi connectivity index (χ0n) is 16.5. The summed E-state index contributed by atoms with van der Waals surface area (Å²) in [5.41, 5.74) is 0.665. The number of ether oxygens (including phenoxy) is 1.